The zero-order valence-electron chi connectivity index (χ0n) is 8.86. The largest absolute Gasteiger partial charge is 0.502 e. The van der Waals surface area contributed by atoms with Crippen molar-refractivity contribution in [2.75, 3.05) is 14.2 Å². The summed E-state index contributed by atoms with van der Waals surface area (Å²) in [5.41, 5.74) is 0.694. The summed E-state index contributed by atoms with van der Waals surface area (Å²) >= 11 is 2.78. The summed E-state index contributed by atoms with van der Waals surface area (Å²) in [6.07, 6.45) is 2.94. The number of phenolic OH excluding ortho intramolecular Hbond substituents is 1. The van der Waals surface area contributed by atoms with Gasteiger partial charge in [-0.3, -0.25) is 4.79 Å². The number of aromatic hydroxyl groups is 1. The fraction of sp³-hybridized carbons (Fsp3) is 0.182. The number of hydrogen-bond acceptors (Lipinski definition) is 4. The summed E-state index contributed by atoms with van der Waals surface area (Å²) in [5.74, 6) is 0.523. The van der Waals surface area contributed by atoms with Crippen LogP contribution in [0.4, 0.5) is 0 Å². The molecule has 0 fully saturated rings. The fourth-order valence-electron chi connectivity index (χ4n) is 1.17. The second-order valence-electron chi connectivity index (χ2n) is 2.91. The zero-order valence-corrected chi connectivity index (χ0v) is 10.4. The summed E-state index contributed by atoms with van der Waals surface area (Å²) < 4.78 is 9.71. The van der Waals surface area contributed by atoms with Gasteiger partial charge < -0.3 is 14.6 Å². The number of methoxy groups -OCH3 is 2. The molecule has 1 aromatic rings. The van der Waals surface area contributed by atoms with E-state index in [1.807, 2.05) is 0 Å². The molecule has 86 valence electrons. The lowest BCUT2D eigenvalue weighted by Gasteiger charge is -2.09. The molecule has 0 saturated carbocycles. The number of carbonyl (C=O) groups excluding carboxylic acids is 1. The maximum Gasteiger partial charge on any atom is 0.220 e. The van der Waals surface area contributed by atoms with Gasteiger partial charge in [-0.15, -0.1) is 0 Å². The van der Waals surface area contributed by atoms with Gasteiger partial charge in [0.15, 0.2) is 11.5 Å². The van der Waals surface area contributed by atoms with Crippen molar-refractivity contribution < 1.29 is 19.4 Å². The van der Waals surface area contributed by atoms with Crippen LogP contribution >= 0.6 is 15.9 Å². The molecule has 0 spiro atoms. The van der Waals surface area contributed by atoms with Crippen LogP contribution in [0.25, 0.3) is 6.08 Å². The Bertz CT molecular complexity index is 401. The van der Waals surface area contributed by atoms with E-state index in [9.17, 15) is 9.90 Å². The minimum absolute atomic E-state index is 0.0627. The predicted octanol–water partition coefficient (Wildman–Crippen LogP) is 2.34. The minimum Gasteiger partial charge on any atom is -0.502 e. The van der Waals surface area contributed by atoms with E-state index in [0.29, 0.717) is 17.1 Å². The van der Waals surface area contributed by atoms with Gasteiger partial charge in [-0.1, -0.05) is 6.08 Å². The smallest absolute Gasteiger partial charge is 0.220 e. The molecule has 0 aliphatic carbocycles. The van der Waals surface area contributed by atoms with Crippen LogP contribution in [0.2, 0.25) is 0 Å². The van der Waals surface area contributed by atoms with Crippen LogP contribution in [0, 0.1) is 0 Å². The lowest BCUT2D eigenvalue weighted by atomic mass is 10.1. The van der Waals surface area contributed by atoms with Gasteiger partial charge >= 0.3 is 0 Å². The molecule has 1 N–H and O–H groups in total. The Hall–Kier alpha value is -1.49. The molecule has 0 radical (unpaired) electrons. The zero-order chi connectivity index (χ0) is 12.1. The van der Waals surface area contributed by atoms with Crippen molar-refractivity contribution in [1.29, 1.82) is 0 Å². The normalized spacial score (nSPS) is 10.4. The molecule has 0 aliphatic heterocycles. The third-order valence-corrected chi connectivity index (χ3v) is 2.17. The van der Waals surface area contributed by atoms with Gasteiger partial charge in [0.1, 0.15) is 0 Å². The highest BCUT2D eigenvalue weighted by Crippen LogP contribution is 2.37. The number of phenols is 1. The molecule has 0 atom stereocenters. The molecule has 16 heavy (non-hydrogen) atoms. The molecule has 1 aromatic carbocycles. The van der Waals surface area contributed by atoms with Crippen molar-refractivity contribution in [2.24, 2.45) is 0 Å². The Morgan fingerprint density at radius 2 is 1.81 bits per heavy atom. The van der Waals surface area contributed by atoms with Crippen molar-refractivity contribution in [3.05, 3.63) is 23.8 Å². The monoisotopic (exact) mass is 286 g/mol. The van der Waals surface area contributed by atoms with Crippen molar-refractivity contribution >= 4 is 26.7 Å². The van der Waals surface area contributed by atoms with Crippen LogP contribution in [0.15, 0.2) is 18.2 Å². The SMILES string of the molecule is COc1cc(C=CC(=O)Br)cc(OC)c1O. The highest BCUT2D eigenvalue weighted by Gasteiger charge is 2.09. The molecular formula is C11H11BrO4. The number of benzene rings is 1. The van der Waals surface area contributed by atoms with Gasteiger partial charge in [0.2, 0.25) is 10.4 Å². The lowest BCUT2D eigenvalue weighted by molar-refractivity contribution is -0.106. The summed E-state index contributed by atoms with van der Waals surface area (Å²) in [6.45, 7) is 0. The topological polar surface area (TPSA) is 55.8 Å². The Balaban J connectivity index is 3.16. The standard InChI is InChI=1S/C11H11BrO4/c1-15-8-5-7(3-4-10(12)13)6-9(16-2)11(8)14/h3-6,14H,1-2H3. The summed E-state index contributed by atoms with van der Waals surface area (Å²) in [4.78, 5) is 10.7. The first-order valence-corrected chi connectivity index (χ1v) is 5.20. The number of halogens is 1. The van der Waals surface area contributed by atoms with Crippen LogP contribution in [-0.2, 0) is 4.79 Å². The molecule has 0 aliphatic rings. The molecule has 0 amide bonds. The predicted molar refractivity (Wildman–Crippen MR) is 64.2 cm³/mol. The third-order valence-electron chi connectivity index (χ3n) is 1.91. The number of ether oxygens (including phenoxy) is 2. The molecule has 0 heterocycles. The third kappa shape index (κ3) is 3.00. The van der Waals surface area contributed by atoms with Gasteiger partial charge in [-0.2, -0.15) is 0 Å². The number of hydrogen-bond donors (Lipinski definition) is 1. The average molecular weight is 287 g/mol. The molecule has 1 rings (SSSR count). The highest BCUT2D eigenvalue weighted by molar-refractivity contribution is 9.18. The van der Waals surface area contributed by atoms with Crippen LogP contribution in [0.3, 0.4) is 0 Å². The molecule has 5 heteroatoms. The Kier molecular flexibility index (Phi) is 4.37. The first kappa shape index (κ1) is 12.6. The molecule has 4 nitrogen and oxygen atoms in total. The summed E-state index contributed by atoms with van der Waals surface area (Å²) in [6, 6.07) is 3.20. The summed E-state index contributed by atoms with van der Waals surface area (Å²) in [5, 5.41) is 9.64. The Morgan fingerprint density at radius 3 is 2.19 bits per heavy atom. The maximum atomic E-state index is 10.7. The second kappa shape index (κ2) is 5.55. The quantitative estimate of drug-likeness (QED) is 0.682. The van der Waals surface area contributed by atoms with E-state index in [4.69, 9.17) is 9.47 Å². The van der Waals surface area contributed by atoms with Gasteiger partial charge in [-0.05, 0) is 39.7 Å². The average Bonchev–Trinajstić information content (AvgIpc) is 2.27. The molecular weight excluding hydrogens is 276 g/mol. The molecule has 0 aromatic heterocycles. The molecule has 0 unspecified atom stereocenters. The van der Waals surface area contributed by atoms with E-state index >= 15 is 0 Å². The first-order chi connectivity index (χ1) is 7.58. The lowest BCUT2D eigenvalue weighted by Crippen LogP contribution is -1.90. The van der Waals surface area contributed by atoms with Crippen molar-refractivity contribution in [3.8, 4) is 17.2 Å². The van der Waals surface area contributed by atoms with Crippen LogP contribution in [-0.4, -0.2) is 24.0 Å². The van der Waals surface area contributed by atoms with Crippen LogP contribution in [0.1, 0.15) is 5.56 Å². The number of rotatable bonds is 4. The van der Waals surface area contributed by atoms with Gasteiger partial charge in [-0.25, -0.2) is 0 Å². The molecule has 0 bridgehead atoms. The summed E-state index contributed by atoms with van der Waals surface area (Å²) in [7, 11) is 2.88. The Morgan fingerprint density at radius 1 is 1.31 bits per heavy atom. The maximum absolute atomic E-state index is 10.7. The van der Waals surface area contributed by atoms with Crippen molar-refractivity contribution in [3.63, 3.8) is 0 Å². The molecule has 0 saturated heterocycles. The van der Waals surface area contributed by atoms with E-state index in [2.05, 4.69) is 15.9 Å². The highest BCUT2D eigenvalue weighted by atomic mass is 79.9. The number of allylic oxidation sites excluding steroid dienone is 1. The van der Waals surface area contributed by atoms with E-state index in [1.165, 1.54) is 20.3 Å². The first-order valence-electron chi connectivity index (χ1n) is 4.41. The second-order valence-corrected chi connectivity index (χ2v) is 3.69. The van der Waals surface area contributed by atoms with Crippen molar-refractivity contribution in [2.45, 2.75) is 0 Å². The fourth-order valence-corrected chi connectivity index (χ4v) is 1.30. The van der Waals surface area contributed by atoms with E-state index in [-0.39, 0.29) is 10.4 Å². The number of carbonyl (C=O) groups is 1. The van der Waals surface area contributed by atoms with Gasteiger partial charge in [0, 0.05) is 0 Å². The van der Waals surface area contributed by atoms with E-state index < -0.39 is 0 Å². The van der Waals surface area contributed by atoms with Crippen LogP contribution < -0.4 is 9.47 Å². The van der Waals surface area contributed by atoms with Gasteiger partial charge in [0.25, 0.3) is 0 Å². The van der Waals surface area contributed by atoms with E-state index in [1.54, 1.807) is 18.2 Å². The van der Waals surface area contributed by atoms with Crippen LogP contribution in [0.5, 0.6) is 17.2 Å². The van der Waals surface area contributed by atoms with Gasteiger partial charge in [0.05, 0.1) is 14.2 Å². The Labute approximate surface area is 102 Å². The van der Waals surface area contributed by atoms with E-state index in [0.717, 1.165) is 0 Å². The van der Waals surface area contributed by atoms with Crippen molar-refractivity contribution in [1.82, 2.24) is 0 Å². The minimum atomic E-state index is -0.237.